The Morgan fingerprint density at radius 2 is 2.04 bits per heavy atom. The van der Waals surface area contributed by atoms with Crippen molar-refractivity contribution in [3.63, 3.8) is 0 Å². The van der Waals surface area contributed by atoms with E-state index in [4.69, 9.17) is 20.0 Å². The summed E-state index contributed by atoms with van der Waals surface area (Å²) in [5.74, 6) is 1.04. The lowest BCUT2D eigenvalue weighted by atomic mass is 10.3. The quantitative estimate of drug-likeness (QED) is 0.289. The molecule has 0 radical (unpaired) electrons. The van der Waals surface area contributed by atoms with Gasteiger partial charge in [0.1, 0.15) is 11.8 Å². The number of hydrogen-bond acceptors (Lipinski definition) is 7. The second-order valence-electron chi connectivity index (χ2n) is 5.07. The molecular weight excluding hydrogens is 329 g/mol. The topological polar surface area (TPSA) is 97.3 Å². The van der Waals surface area contributed by atoms with Crippen LogP contribution in [-0.2, 0) is 16.0 Å². The van der Waals surface area contributed by atoms with Crippen molar-refractivity contribution in [3.05, 3.63) is 43.0 Å². The van der Waals surface area contributed by atoms with Gasteiger partial charge in [0, 0.05) is 0 Å². The van der Waals surface area contributed by atoms with E-state index < -0.39 is 0 Å². The van der Waals surface area contributed by atoms with Crippen molar-refractivity contribution in [2.75, 3.05) is 12.1 Å². The third-order valence-corrected chi connectivity index (χ3v) is 3.74. The molecule has 2 aromatic heterocycles. The van der Waals surface area contributed by atoms with Gasteiger partial charge in [-0.1, -0.05) is 18.2 Å². The standard InChI is InChI=1S/C15H18N5O3P/c1-11(21-10-24-23-22-12-5-3-2-4-6-12)7-20-9-19-13-14(16)17-8-18-15(13)20/h2-6,8-9,11,24H,7,10H2,1H3,(H2,16,17,18)/t11-/m1/s1. The lowest BCUT2D eigenvalue weighted by molar-refractivity contribution is -0.0879. The van der Waals surface area contributed by atoms with Crippen LogP contribution in [-0.4, -0.2) is 32.0 Å². The molecule has 0 saturated carbocycles. The number of hydrogen-bond donors (Lipinski definition) is 1. The molecule has 0 aliphatic heterocycles. The summed E-state index contributed by atoms with van der Waals surface area (Å²) >= 11 is 0. The first-order chi connectivity index (χ1) is 11.7. The van der Waals surface area contributed by atoms with Crippen LogP contribution in [0.2, 0.25) is 0 Å². The van der Waals surface area contributed by atoms with E-state index in [1.165, 1.54) is 6.33 Å². The van der Waals surface area contributed by atoms with Crippen LogP contribution in [0.15, 0.2) is 43.0 Å². The molecule has 3 aromatic rings. The third-order valence-electron chi connectivity index (χ3n) is 3.25. The number of aromatic nitrogens is 4. The van der Waals surface area contributed by atoms with Gasteiger partial charge in [0.15, 0.2) is 17.2 Å². The summed E-state index contributed by atoms with van der Waals surface area (Å²) < 4.78 is 12.7. The maximum Gasteiger partial charge on any atom is 0.165 e. The molecule has 126 valence electrons. The SMILES string of the molecule is C[C@H](Cn1cnc2c(N)ncnc21)OCPOOc1ccccc1. The first kappa shape index (κ1) is 16.6. The molecule has 0 bridgehead atoms. The van der Waals surface area contributed by atoms with Crippen molar-refractivity contribution in [2.45, 2.75) is 19.6 Å². The number of imidazole rings is 1. The number of nitrogens with two attached hydrogens (primary N) is 1. The molecule has 0 spiro atoms. The largest absolute Gasteiger partial charge is 0.382 e. The normalized spacial score (nSPS) is 12.9. The maximum absolute atomic E-state index is 5.77. The summed E-state index contributed by atoms with van der Waals surface area (Å²) in [5.41, 5.74) is 7.08. The number of benzene rings is 1. The molecule has 9 heteroatoms. The van der Waals surface area contributed by atoms with E-state index in [1.54, 1.807) is 6.33 Å². The Kier molecular flexibility index (Phi) is 5.53. The number of nitrogen functional groups attached to an aromatic ring is 1. The highest BCUT2D eigenvalue weighted by Gasteiger charge is 2.11. The fourth-order valence-electron chi connectivity index (χ4n) is 2.12. The molecule has 0 amide bonds. The Morgan fingerprint density at radius 3 is 2.88 bits per heavy atom. The van der Waals surface area contributed by atoms with Crippen LogP contribution in [0.5, 0.6) is 5.75 Å². The number of anilines is 1. The summed E-state index contributed by atoms with van der Waals surface area (Å²) in [5, 5.41) is 0. The fraction of sp³-hybridized carbons (Fsp3) is 0.267. The Bertz CT molecular complexity index is 783. The highest BCUT2D eigenvalue weighted by Crippen LogP contribution is 2.19. The molecule has 1 unspecified atom stereocenters. The van der Waals surface area contributed by atoms with Crippen LogP contribution < -0.4 is 10.6 Å². The van der Waals surface area contributed by atoms with E-state index in [-0.39, 0.29) is 14.9 Å². The number of para-hydroxylation sites is 1. The average molecular weight is 347 g/mol. The zero-order valence-electron chi connectivity index (χ0n) is 13.1. The van der Waals surface area contributed by atoms with Gasteiger partial charge in [-0.15, -0.1) is 0 Å². The number of nitrogens with zero attached hydrogens (tertiary/aromatic N) is 4. The molecule has 2 atom stereocenters. The second kappa shape index (κ2) is 8.01. The summed E-state index contributed by atoms with van der Waals surface area (Å²) in [4.78, 5) is 17.5. The fourth-order valence-corrected chi connectivity index (χ4v) is 2.67. The van der Waals surface area contributed by atoms with Crippen LogP contribution in [0.4, 0.5) is 5.82 Å². The second-order valence-corrected chi connectivity index (χ2v) is 5.82. The van der Waals surface area contributed by atoms with Gasteiger partial charge in [-0.2, -0.15) is 4.67 Å². The average Bonchev–Trinajstić information content (AvgIpc) is 3.00. The molecule has 8 nitrogen and oxygen atoms in total. The molecule has 0 fully saturated rings. The number of rotatable bonds is 8. The van der Waals surface area contributed by atoms with E-state index in [2.05, 4.69) is 15.0 Å². The zero-order chi connectivity index (χ0) is 16.8. The highest BCUT2D eigenvalue weighted by molar-refractivity contribution is 7.31. The Labute approximate surface area is 140 Å². The van der Waals surface area contributed by atoms with Gasteiger partial charge in [0.25, 0.3) is 0 Å². The molecular formula is C15H18N5O3P. The van der Waals surface area contributed by atoms with Crippen molar-refractivity contribution in [1.29, 1.82) is 0 Å². The van der Waals surface area contributed by atoms with Crippen molar-refractivity contribution in [3.8, 4) is 5.75 Å². The van der Waals surface area contributed by atoms with Gasteiger partial charge >= 0.3 is 0 Å². The molecule has 3 rings (SSSR count). The smallest absolute Gasteiger partial charge is 0.165 e. The van der Waals surface area contributed by atoms with Gasteiger partial charge < -0.3 is 19.9 Å². The van der Waals surface area contributed by atoms with Crippen molar-refractivity contribution < 1.29 is 14.3 Å². The van der Waals surface area contributed by atoms with Gasteiger partial charge in [-0.3, -0.25) is 0 Å². The van der Waals surface area contributed by atoms with Gasteiger partial charge in [0.2, 0.25) is 0 Å². The van der Waals surface area contributed by atoms with Crippen LogP contribution in [0.3, 0.4) is 0 Å². The van der Waals surface area contributed by atoms with E-state index in [1.807, 2.05) is 41.8 Å². The minimum absolute atomic E-state index is 0.0357. The first-order valence-corrected chi connectivity index (χ1v) is 8.50. The van der Waals surface area contributed by atoms with Crippen molar-refractivity contribution in [2.24, 2.45) is 0 Å². The predicted molar refractivity (Wildman–Crippen MR) is 91.6 cm³/mol. The molecule has 0 saturated heterocycles. The maximum atomic E-state index is 5.77. The van der Waals surface area contributed by atoms with E-state index in [0.717, 1.165) is 0 Å². The molecule has 1 aromatic carbocycles. The number of fused-ring (bicyclic) bond motifs is 1. The monoisotopic (exact) mass is 347 g/mol. The van der Waals surface area contributed by atoms with E-state index in [9.17, 15) is 0 Å². The lowest BCUT2D eigenvalue weighted by Crippen LogP contribution is -2.16. The van der Waals surface area contributed by atoms with Crippen LogP contribution >= 0.6 is 8.81 Å². The van der Waals surface area contributed by atoms with Gasteiger partial charge in [-0.25, -0.2) is 15.0 Å². The van der Waals surface area contributed by atoms with Gasteiger partial charge in [-0.05, 0) is 19.1 Å². The van der Waals surface area contributed by atoms with Crippen LogP contribution in [0.1, 0.15) is 6.92 Å². The summed E-state index contributed by atoms with van der Waals surface area (Å²) in [7, 11) is 0.0831. The summed E-state index contributed by atoms with van der Waals surface area (Å²) in [6, 6.07) is 9.33. The third kappa shape index (κ3) is 4.17. The predicted octanol–water partition coefficient (Wildman–Crippen LogP) is 2.38. The van der Waals surface area contributed by atoms with Crippen LogP contribution in [0, 0.1) is 0 Å². The van der Waals surface area contributed by atoms with E-state index in [0.29, 0.717) is 35.6 Å². The summed E-state index contributed by atoms with van der Waals surface area (Å²) in [6.07, 6.45) is 3.52. The first-order valence-electron chi connectivity index (χ1n) is 7.38. The lowest BCUT2D eigenvalue weighted by Gasteiger charge is -2.13. The Balaban J connectivity index is 1.42. The number of ether oxygens (including phenoxy) is 1. The molecule has 2 N–H and O–H groups in total. The minimum atomic E-state index is -0.0357. The minimum Gasteiger partial charge on any atom is -0.382 e. The van der Waals surface area contributed by atoms with Gasteiger partial charge in [0.05, 0.1) is 34.1 Å². The van der Waals surface area contributed by atoms with Crippen LogP contribution in [0.25, 0.3) is 11.2 Å². The van der Waals surface area contributed by atoms with Crippen molar-refractivity contribution in [1.82, 2.24) is 19.5 Å². The summed E-state index contributed by atoms with van der Waals surface area (Å²) in [6.45, 7) is 2.58. The Morgan fingerprint density at radius 1 is 1.21 bits per heavy atom. The Hall–Kier alpha value is -2.28. The molecule has 2 heterocycles. The highest BCUT2D eigenvalue weighted by atomic mass is 31.1. The zero-order valence-corrected chi connectivity index (χ0v) is 14.1. The van der Waals surface area contributed by atoms with E-state index >= 15 is 0 Å². The molecule has 24 heavy (non-hydrogen) atoms. The van der Waals surface area contributed by atoms with Crippen molar-refractivity contribution >= 4 is 25.8 Å². The molecule has 0 aliphatic carbocycles. The molecule has 0 aliphatic rings.